The number of rotatable bonds is 4. The van der Waals surface area contributed by atoms with E-state index in [4.69, 9.17) is 4.98 Å². The molecule has 4 nitrogen and oxygen atoms in total. The fourth-order valence-corrected chi connectivity index (χ4v) is 6.98. The van der Waals surface area contributed by atoms with Crippen molar-refractivity contribution in [3.63, 3.8) is 0 Å². The standard InChI is InChI=1S/C22H26N4S2/c1-3-26-10-4-5-16(14(26)2)21-12-17-18(8-9-23-22(17)28-21)25-15-6-7-20-19(11-15)24-13-27-20/h6-9,11,13-14,16,21H,3-5,10,12H2,1-2H3,(H,23,25)/t14-,16+,21?/m0/s1. The van der Waals surface area contributed by atoms with Gasteiger partial charge in [-0.05, 0) is 69.5 Å². The van der Waals surface area contributed by atoms with Gasteiger partial charge < -0.3 is 10.2 Å². The van der Waals surface area contributed by atoms with Crippen LogP contribution in [0.25, 0.3) is 10.2 Å². The van der Waals surface area contributed by atoms with Crippen molar-refractivity contribution in [2.75, 3.05) is 18.4 Å². The molecule has 28 heavy (non-hydrogen) atoms. The second kappa shape index (κ2) is 7.65. The van der Waals surface area contributed by atoms with Gasteiger partial charge in [-0.15, -0.1) is 23.1 Å². The van der Waals surface area contributed by atoms with E-state index < -0.39 is 0 Å². The first-order valence-electron chi connectivity index (χ1n) is 10.2. The molecule has 1 saturated heterocycles. The van der Waals surface area contributed by atoms with Gasteiger partial charge in [0.1, 0.15) is 5.03 Å². The maximum absolute atomic E-state index is 4.71. The third-order valence-electron chi connectivity index (χ3n) is 6.36. The second-order valence-electron chi connectivity index (χ2n) is 7.84. The Hall–Kier alpha value is -1.63. The van der Waals surface area contributed by atoms with Crippen LogP contribution in [0.3, 0.4) is 0 Å². The number of thioether (sulfide) groups is 1. The number of hydrogen-bond acceptors (Lipinski definition) is 6. The summed E-state index contributed by atoms with van der Waals surface area (Å²) in [5.74, 6) is 0.743. The van der Waals surface area contributed by atoms with Gasteiger partial charge in [-0.2, -0.15) is 0 Å². The van der Waals surface area contributed by atoms with E-state index in [1.807, 2.05) is 23.5 Å². The Morgan fingerprint density at radius 2 is 2.18 bits per heavy atom. The van der Waals surface area contributed by atoms with E-state index in [0.29, 0.717) is 11.3 Å². The second-order valence-corrected chi connectivity index (χ2v) is 9.95. The van der Waals surface area contributed by atoms with E-state index in [2.05, 4.69) is 53.3 Å². The molecule has 146 valence electrons. The average Bonchev–Trinajstić information content (AvgIpc) is 3.35. The number of fused-ring (bicyclic) bond motifs is 2. The van der Waals surface area contributed by atoms with Gasteiger partial charge in [-0.3, -0.25) is 0 Å². The lowest BCUT2D eigenvalue weighted by atomic mass is 9.85. The van der Waals surface area contributed by atoms with Gasteiger partial charge in [0.2, 0.25) is 0 Å². The van der Waals surface area contributed by atoms with Crippen LogP contribution >= 0.6 is 23.1 Å². The summed E-state index contributed by atoms with van der Waals surface area (Å²) in [7, 11) is 0. The molecule has 0 amide bonds. The molecular formula is C22H26N4S2. The molecule has 1 N–H and O–H groups in total. The predicted molar refractivity (Wildman–Crippen MR) is 120 cm³/mol. The van der Waals surface area contributed by atoms with Crippen molar-refractivity contribution in [2.24, 2.45) is 5.92 Å². The van der Waals surface area contributed by atoms with Crippen molar-refractivity contribution in [1.82, 2.24) is 14.9 Å². The van der Waals surface area contributed by atoms with Crippen LogP contribution in [0.1, 0.15) is 32.3 Å². The molecule has 0 radical (unpaired) electrons. The number of pyridine rings is 1. The maximum Gasteiger partial charge on any atom is 0.102 e. The summed E-state index contributed by atoms with van der Waals surface area (Å²) in [5.41, 5.74) is 6.65. The van der Waals surface area contributed by atoms with Crippen molar-refractivity contribution in [2.45, 2.75) is 49.4 Å². The third kappa shape index (κ3) is 3.31. The van der Waals surface area contributed by atoms with Crippen LogP contribution < -0.4 is 5.32 Å². The zero-order valence-corrected chi connectivity index (χ0v) is 18.0. The summed E-state index contributed by atoms with van der Waals surface area (Å²) in [6.07, 6.45) is 5.72. The molecule has 3 atom stereocenters. The fourth-order valence-electron chi connectivity index (χ4n) is 4.79. The van der Waals surface area contributed by atoms with Gasteiger partial charge in [0, 0.05) is 34.4 Å². The van der Waals surface area contributed by atoms with E-state index >= 15 is 0 Å². The Labute approximate surface area is 174 Å². The number of thiazole rings is 1. The zero-order chi connectivity index (χ0) is 19.1. The number of nitrogens with zero attached hydrogens (tertiary/aromatic N) is 3. The number of likely N-dealkylation sites (tertiary alicyclic amines) is 1. The Balaban J connectivity index is 1.38. The molecule has 2 aliphatic heterocycles. The fraction of sp³-hybridized carbons (Fsp3) is 0.455. The Morgan fingerprint density at radius 3 is 3.07 bits per heavy atom. The Morgan fingerprint density at radius 1 is 1.25 bits per heavy atom. The number of aromatic nitrogens is 2. The first-order valence-corrected chi connectivity index (χ1v) is 12.0. The van der Waals surface area contributed by atoms with E-state index in [1.54, 1.807) is 11.3 Å². The van der Waals surface area contributed by atoms with Gasteiger partial charge in [0.05, 0.1) is 15.7 Å². The van der Waals surface area contributed by atoms with Gasteiger partial charge in [-0.25, -0.2) is 9.97 Å². The molecule has 0 bridgehead atoms. The monoisotopic (exact) mass is 410 g/mol. The van der Waals surface area contributed by atoms with Gasteiger partial charge in [-0.1, -0.05) is 6.92 Å². The highest BCUT2D eigenvalue weighted by atomic mass is 32.2. The lowest BCUT2D eigenvalue weighted by Gasteiger charge is -2.41. The minimum absolute atomic E-state index is 0.635. The molecule has 6 heteroatoms. The quantitative estimate of drug-likeness (QED) is 0.609. The zero-order valence-electron chi connectivity index (χ0n) is 16.4. The molecule has 1 aromatic carbocycles. The van der Waals surface area contributed by atoms with Crippen molar-refractivity contribution >= 4 is 44.7 Å². The topological polar surface area (TPSA) is 41.0 Å². The normalized spacial score (nSPS) is 25.1. The van der Waals surface area contributed by atoms with E-state index in [1.165, 1.54) is 40.4 Å². The lowest BCUT2D eigenvalue weighted by molar-refractivity contribution is 0.110. The molecule has 0 aliphatic carbocycles. The van der Waals surface area contributed by atoms with Crippen molar-refractivity contribution in [3.05, 3.63) is 41.5 Å². The summed E-state index contributed by atoms with van der Waals surface area (Å²) in [4.78, 5) is 11.8. The molecule has 2 aliphatic rings. The molecule has 1 unspecified atom stereocenters. The van der Waals surface area contributed by atoms with Crippen LogP contribution in [-0.4, -0.2) is 39.2 Å². The van der Waals surface area contributed by atoms with Crippen LogP contribution in [0.4, 0.5) is 11.4 Å². The summed E-state index contributed by atoms with van der Waals surface area (Å²) in [5, 5.41) is 5.49. The molecule has 0 spiro atoms. The van der Waals surface area contributed by atoms with Crippen LogP contribution in [-0.2, 0) is 6.42 Å². The number of piperidine rings is 1. The molecule has 5 rings (SSSR count). The van der Waals surface area contributed by atoms with E-state index in [-0.39, 0.29) is 0 Å². The molecule has 4 heterocycles. The SMILES string of the molecule is CCN1CCC[C@@H](C2Cc3c(Nc4ccc5scnc5c4)ccnc3S2)[C@@H]1C. The Kier molecular flexibility index (Phi) is 5.03. The first kappa shape index (κ1) is 18.4. The molecular weight excluding hydrogens is 384 g/mol. The summed E-state index contributed by atoms with van der Waals surface area (Å²) >= 11 is 3.68. The molecule has 3 aromatic rings. The van der Waals surface area contributed by atoms with Crippen LogP contribution in [0.15, 0.2) is 41.0 Å². The lowest BCUT2D eigenvalue weighted by Crippen LogP contribution is -2.46. The van der Waals surface area contributed by atoms with Crippen molar-refractivity contribution in [3.8, 4) is 0 Å². The highest BCUT2D eigenvalue weighted by molar-refractivity contribution is 8.00. The minimum atomic E-state index is 0.635. The summed E-state index contributed by atoms with van der Waals surface area (Å²) in [6, 6.07) is 9.22. The number of hydrogen-bond donors (Lipinski definition) is 1. The summed E-state index contributed by atoms with van der Waals surface area (Å²) in [6.45, 7) is 7.12. The van der Waals surface area contributed by atoms with E-state index in [9.17, 15) is 0 Å². The van der Waals surface area contributed by atoms with Crippen LogP contribution in [0.5, 0.6) is 0 Å². The van der Waals surface area contributed by atoms with Gasteiger partial charge in [0.25, 0.3) is 0 Å². The Bertz CT molecular complexity index is 986. The third-order valence-corrected chi connectivity index (χ3v) is 8.56. The van der Waals surface area contributed by atoms with Crippen LogP contribution in [0, 0.1) is 5.92 Å². The summed E-state index contributed by atoms with van der Waals surface area (Å²) < 4.78 is 1.23. The van der Waals surface area contributed by atoms with Crippen LogP contribution in [0.2, 0.25) is 0 Å². The number of nitrogens with one attached hydrogen (secondary N) is 1. The average molecular weight is 411 g/mol. The molecule has 1 fully saturated rings. The minimum Gasteiger partial charge on any atom is -0.355 e. The highest BCUT2D eigenvalue weighted by Gasteiger charge is 2.38. The van der Waals surface area contributed by atoms with Gasteiger partial charge in [0.15, 0.2) is 0 Å². The maximum atomic E-state index is 4.71. The predicted octanol–water partition coefficient (Wildman–Crippen LogP) is 5.57. The largest absolute Gasteiger partial charge is 0.355 e. The van der Waals surface area contributed by atoms with Crippen molar-refractivity contribution < 1.29 is 0 Å². The van der Waals surface area contributed by atoms with Crippen molar-refractivity contribution in [1.29, 1.82) is 0 Å². The number of anilines is 2. The molecule has 2 aromatic heterocycles. The highest BCUT2D eigenvalue weighted by Crippen LogP contribution is 2.46. The number of benzene rings is 1. The van der Waals surface area contributed by atoms with E-state index in [0.717, 1.165) is 30.1 Å². The first-order chi connectivity index (χ1) is 13.7. The van der Waals surface area contributed by atoms with Gasteiger partial charge >= 0.3 is 0 Å². The molecule has 0 saturated carbocycles. The smallest absolute Gasteiger partial charge is 0.102 e.